The second kappa shape index (κ2) is 9.27. The van der Waals surface area contributed by atoms with Gasteiger partial charge in [-0.15, -0.1) is 0 Å². The first-order valence-electron chi connectivity index (χ1n) is 10.3. The normalized spacial score (nSPS) is 14.2. The van der Waals surface area contributed by atoms with E-state index in [1.807, 2.05) is 54.6 Å². The number of carbonyl (C=O) groups is 3. The maximum atomic E-state index is 12.4. The molecule has 0 bridgehead atoms. The molecule has 3 aromatic carbocycles. The number of ketones is 1. The van der Waals surface area contributed by atoms with Crippen molar-refractivity contribution in [3.8, 4) is 0 Å². The molecule has 5 heteroatoms. The Kier molecular flexibility index (Phi) is 6.08. The first-order chi connectivity index (χ1) is 15.5. The molecule has 1 heterocycles. The summed E-state index contributed by atoms with van der Waals surface area (Å²) in [6.45, 7) is 1.50. The van der Waals surface area contributed by atoms with Crippen LogP contribution in [0.4, 0.5) is 11.4 Å². The van der Waals surface area contributed by atoms with Crippen LogP contribution in [0.2, 0.25) is 0 Å². The number of amides is 2. The molecule has 1 aliphatic heterocycles. The molecule has 0 unspecified atom stereocenters. The van der Waals surface area contributed by atoms with E-state index in [1.165, 1.54) is 13.0 Å². The largest absolute Gasteiger partial charge is 0.323 e. The van der Waals surface area contributed by atoms with Crippen molar-refractivity contribution < 1.29 is 14.4 Å². The molecule has 4 rings (SSSR count). The van der Waals surface area contributed by atoms with E-state index in [-0.39, 0.29) is 17.6 Å². The van der Waals surface area contributed by atoms with E-state index < -0.39 is 0 Å². The fourth-order valence-electron chi connectivity index (χ4n) is 3.45. The average molecular weight is 422 g/mol. The van der Waals surface area contributed by atoms with E-state index in [0.717, 1.165) is 22.4 Å². The molecule has 3 aromatic rings. The van der Waals surface area contributed by atoms with Gasteiger partial charge in [0.25, 0.3) is 5.91 Å². The van der Waals surface area contributed by atoms with Crippen LogP contribution in [0.5, 0.6) is 0 Å². The van der Waals surface area contributed by atoms with Crippen LogP contribution < -0.4 is 10.6 Å². The summed E-state index contributed by atoms with van der Waals surface area (Å²) in [6, 6.07) is 22.2. The van der Waals surface area contributed by atoms with Crippen LogP contribution in [0, 0.1) is 0 Å². The van der Waals surface area contributed by atoms with Crippen LogP contribution in [-0.2, 0) is 16.0 Å². The van der Waals surface area contributed by atoms with Crippen LogP contribution in [0.1, 0.15) is 34.0 Å². The van der Waals surface area contributed by atoms with Gasteiger partial charge in [0.15, 0.2) is 5.78 Å². The first kappa shape index (κ1) is 21.0. The molecule has 158 valence electrons. The van der Waals surface area contributed by atoms with E-state index >= 15 is 0 Å². The van der Waals surface area contributed by atoms with Crippen molar-refractivity contribution >= 4 is 41.1 Å². The third-order valence-corrected chi connectivity index (χ3v) is 5.20. The highest BCUT2D eigenvalue weighted by molar-refractivity contribution is 6.09. The average Bonchev–Trinajstić information content (AvgIpc) is 2.79. The second-order valence-corrected chi connectivity index (χ2v) is 7.58. The third kappa shape index (κ3) is 5.08. The number of hydrogen-bond acceptors (Lipinski definition) is 3. The van der Waals surface area contributed by atoms with Gasteiger partial charge in [-0.05, 0) is 66.1 Å². The number of fused-ring (bicyclic) bond motifs is 1. The number of anilines is 2. The Bertz CT molecular complexity index is 1240. The smallest absolute Gasteiger partial charge is 0.251 e. The Morgan fingerprint density at radius 2 is 1.59 bits per heavy atom. The summed E-state index contributed by atoms with van der Waals surface area (Å²) in [4.78, 5) is 35.8. The molecule has 0 radical (unpaired) electrons. The summed E-state index contributed by atoms with van der Waals surface area (Å²) in [6.07, 6.45) is 5.66. The lowest BCUT2D eigenvalue weighted by molar-refractivity contribution is -0.113. The molecular weight excluding hydrogens is 400 g/mol. The predicted molar refractivity (Wildman–Crippen MR) is 127 cm³/mol. The topological polar surface area (TPSA) is 75.3 Å². The van der Waals surface area contributed by atoms with Crippen molar-refractivity contribution in [2.24, 2.45) is 0 Å². The van der Waals surface area contributed by atoms with Crippen LogP contribution in [0.3, 0.4) is 0 Å². The van der Waals surface area contributed by atoms with Gasteiger partial charge >= 0.3 is 0 Å². The number of Topliss-reactive ketones (excluding diaryl/α,β-unsaturated/α-hetero) is 1. The minimum absolute atomic E-state index is 0.0178. The molecule has 2 N–H and O–H groups in total. The monoisotopic (exact) mass is 422 g/mol. The summed E-state index contributed by atoms with van der Waals surface area (Å²) in [5.74, 6) is -0.360. The fourth-order valence-corrected chi connectivity index (χ4v) is 3.45. The van der Waals surface area contributed by atoms with Crippen LogP contribution in [0.25, 0.3) is 12.2 Å². The lowest BCUT2D eigenvalue weighted by atomic mass is 9.96. The summed E-state index contributed by atoms with van der Waals surface area (Å²) < 4.78 is 0. The fraction of sp³-hybridized carbons (Fsp3) is 0.0741. The lowest BCUT2D eigenvalue weighted by Crippen LogP contribution is -2.21. The van der Waals surface area contributed by atoms with Crippen molar-refractivity contribution in [1.82, 2.24) is 0 Å². The summed E-state index contributed by atoms with van der Waals surface area (Å²) in [5, 5.41) is 5.69. The van der Waals surface area contributed by atoms with Gasteiger partial charge in [-0.1, -0.05) is 42.5 Å². The Labute approximate surface area is 186 Å². The molecule has 0 aliphatic carbocycles. The van der Waals surface area contributed by atoms with Gasteiger partial charge in [0.1, 0.15) is 0 Å². The summed E-state index contributed by atoms with van der Waals surface area (Å²) in [5.41, 5.74) is 5.68. The second-order valence-electron chi connectivity index (χ2n) is 7.58. The molecule has 0 aromatic heterocycles. The molecular formula is C27H22N2O3. The number of rotatable bonds is 5. The number of carbonyl (C=O) groups excluding carboxylic acids is 3. The summed E-state index contributed by atoms with van der Waals surface area (Å²) in [7, 11) is 0. The van der Waals surface area contributed by atoms with Crippen molar-refractivity contribution in [3.63, 3.8) is 0 Å². The number of nitrogens with one attached hydrogen (secondary N) is 2. The Morgan fingerprint density at radius 3 is 2.31 bits per heavy atom. The maximum absolute atomic E-state index is 12.4. The van der Waals surface area contributed by atoms with Crippen LogP contribution in [-0.4, -0.2) is 17.6 Å². The van der Waals surface area contributed by atoms with Crippen LogP contribution in [0.15, 0.2) is 84.4 Å². The molecule has 0 atom stereocenters. The minimum atomic E-state index is -0.260. The van der Waals surface area contributed by atoms with Gasteiger partial charge < -0.3 is 10.6 Å². The number of benzene rings is 3. The van der Waals surface area contributed by atoms with Crippen molar-refractivity contribution in [2.75, 3.05) is 10.6 Å². The van der Waals surface area contributed by atoms with Gasteiger partial charge in [-0.3, -0.25) is 14.4 Å². The van der Waals surface area contributed by atoms with Gasteiger partial charge in [0.05, 0.1) is 0 Å². The molecule has 2 amide bonds. The number of para-hydroxylation sites is 1. The SMILES string of the molecule is CC(=O)c1ccc(NC(=O)/C=C/c2ccc(C=C3Cc4ccccc4NC3=O)cc2)cc1. The predicted octanol–water partition coefficient (Wildman–Crippen LogP) is 5.12. The highest BCUT2D eigenvalue weighted by Gasteiger charge is 2.19. The Hall–Kier alpha value is -4.25. The van der Waals surface area contributed by atoms with Crippen LogP contribution >= 0.6 is 0 Å². The highest BCUT2D eigenvalue weighted by Crippen LogP contribution is 2.26. The Morgan fingerprint density at radius 1 is 0.906 bits per heavy atom. The minimum Gasteiger partial charge on any atom is -0.323 e. The molecule has 0 saturated heterocycles. The van der Waals surface area contributed by atoms with Gasteiger partial charge in [-0.25, -0.2) is 0 Å². The zero-order valence-electron chi connectivity index (χ0n) is 17.6. The van der Waals surface area contributed by atoms with E-state index in [2.05, 4.69) is 10.6 Å². The van der Waals surface area contributed by atoms with Gasteiger partial charge in [-0.2, -0.15) is 0 Å². The first-order valence-corrected chi connectivity index (χ1v) is 10.3. The molecule has 0 fully saturated rings. The lowest BCUT2D eigenvalue weighted by Gasteiger charge is -2.19. The molecule has 5 nitrogen and oxygen atoms in total. The zero-order chi connectivity index (χ0) is 22.5. The van der Waals surface area contributed by atoms with Gasteiger partial charge in [0, 0.05) is 35.0 Å². The Balaban J connectivity index is 1.39. The summed E-state index contributed by atoms with van der Waals surface area (Å²) >= 11 is 0. The van der Waals surface area contributed by atoms with E-state index in [0.29, 0.717) is 23.2 Å². The standard InChI is InChI=1S/C27H22N2O3/c1-18(30)21-11-13-24(14-12-21)28-26(31)15-10-19-6-8-20(9-7-19)16-23-17-22-4-2-3-5-25(22)29-27(23)32/h2-16H,17H2,1H3,(H,28,31)(H,29,32)/b15-10+,23-16?. The molecule has 1 aliphatic rings. The van der Waals surface area contributed by atoms with Crippen molar-refractivity contribution in [2.45, 2.75) is 13.3 Å². The van der Waals surface area contributed by atoms with Gasteiger partial charge in [0.2, 0.25) is 5.91 Å². The third-order valence-electron chi connectivity index (χ3n) is 5.20. The highest BCUT2D eigenvalue weighted by atomic mass is 16.2. The molecule has 0 spiro atoms. The van der Waals surface area contributed by atoms with E-state index in [1.54, 1.807) is 30.3 Å². The zero-order valence-corrected chi connectivity index (χ0v) is 17.6. The molecule has 32 heavy (non-hydrogen) atoms. The number of hydrogen-bond donors (Lipinski definition) is 2. The quantitative estimate of drug-likeness (QED) is 0.443. The van der Waals surface area contributed by atoms with E-state index in [4.69, 9.17) is 0 Å². The van der Waals surface area contributed by atoms with Crippen molar-refractivity contribution in [3.05, 3.63) is 107 Å². The maximum Gasteiger partial charge on any atom is 0.251 e. The van der Waals surface area contributed by atoms with Crippen molar-refractivity contribution in [1.29, 1.82) is 0 Å². The molecule has 0 saturated carbocycles. The van der Waals surface area contributed by atoms with E-state index in [9.17, 15) is 14.4 Å².